The molecule has 7 saturated carbocycles. The van der Waals surface area contributed by atoms with E-state index in [9.17, 15) is 15.3 Å². The predicted molar refractivity (Wildman–Crippen MR) is 217 cm³/mol. The summed E-state index contributed by atoms with van der Waals surface area (Å²) in [6, 6.07) is 10.2. The molecule has 0 radical (unpaired) electrons. The van der Waals surface area contributed by atoms with E-state index in [4.69, 9.17) is 4.74 Å². The van der Waals surface area contributed by atoms with Crippen molar-refractivity contribution in [1.82, 2.24) is 4.90 Å². The highest BCUT2D eigenvalue weighted by Crippen LogP contribution is 2.78. The zero-order chi connectivity index (χ0) is 38.4. The second kappa shape index (κ2) is 13.9. The Labute approximate surface area is 331 Å². The molecule has 0 saturated heterocycles. The highest BCUT2D eigenvalue weighted by molar-refractivity contribution is 6.00. The molecular weight excluding hydrogens is 683 g/mol. The van der Waals surface area contributed by atoms with Crippen LogP contribution in [0.2, 0.25) is 0 Å². The van der Waals surface area contributed by atoms with Crippen molar-refractivity contribution in [3.63, 3.8) is 0 Å². The van der Waals surface area contributed by atoms with Crippen LogP contribution in [-0.4, -0.2) is 70.1 Å². The normalized spacial score (nSPS) is 44.6. The molecule has 10 aliphatic carbocycles. The molecule has 0 aromatic heterocycles. The number of aliphatic hydroxyl groups is 3. The van der Waals surface area contributed by atoms with Crippen molar-refractivity contribution < 1.29 is 24.9 Å². The van der Waals surface area contributed by atoms with Gasteiger partial charge in [-0.2, -0.15) is 0 Å². The Bertz CT molecular complexity index is 1660. The van der Waals surface area contributed by atoms with Gasteiger partial charge in [-0.3, -0.25) is 9.69 Å². The number of hydrogen-bond acceptors (Lipinski definition) is 6. The van der Waals surface area contributed by atoms with Crippen molar-refractivity contribution in [2.45, 2.75) is 148 Å². The molecule has 1 aromatic rings. The van der Waals surface area contributed by atoms with E-state index in [1.165, 1.54) is 25.7 Å². The quantitative estimate of drug-likeness (QED) is 0.185. The third-order valence-electron chi connectivity index (χ3n) is 18.8. The standard InChI is InChI=1S/C49H71NO5/c1-44(2)36-16-15-35(39(44)25-36)28-50(29-38(52)31-55-30-33-11-7-5-8-12-33)32-48(54)22-19-42-46(48,4)21-18-41-45(3)20-17-37(51)26-47(45)23-24-49(41,42)40(27-47)43(53)34-13-9-6-10-14-34/h5,7-8,11-12,23-24,27,34-39,41-42,51-52,54H,6,9-10,13-22,25-26,28-32H2,1-4H3/t35-,36-,37?,38+,39-,41+,42+,45+,46-,47-,48+,49+/m0/s1. The fraction of sp³-hybridized carbons (Fsp3) is 0.776. The first-order chi connectivity index (χ1) is 26.2. The van der Waals surface area contributed by atoms with Crippen LogP contribution < -0.4 is 0 Å². The number of allylic oxidation sites excluding steroid dienone is 4. The number of rotatable bonds is 12. The summed E-state index contributed by atoms with van der Waals surface area (Å²) >= 11 is 0. The Morgan fingerprint density at radius 2 is 1.62 bits per heavy atom. The number of aliphatic hydroxyl groups excluding tert-OH is 2. The first-order valence-electron chi connectivity index (χ1n) is 22.7. The van der Waals surface area contributed by atoms with E-state index < -0.39 is 11.7 Å². The summed E-state index contributed by atoms with van der Waals surface area (Å²) in [5.74, 6) is 3.08. The summed E-state index contributed by atoms with van der Waals surface area (Å²) in [6.45, 7) is 12.5. The third kappa shape index (κ3) is 5.90. The van der Waals surface area contributed by atoms with Crippen LogP contribution in [0.25, 0.3) is 0 Å². The van der Waals surface area contributed by atoms with Gasteiger partial charge in [0.2, 0.25) is 0 Å². The van der Waals surface area contributed by atoms with Crippen LogP contribution in [-0.2, 0) is 16.1 Å². The van der Waals surface area contributed by atoms with Gasteiger partial charge in [-0.05, 0) is 123 Å². The molecule has 4 bridgehead atoms. The monoisotopic (exact) mass is 754 g/mol. The van der Waals surface area contributed by atoms with E-state index in [1.54, 1.807) is 0 Å². The van der Waals surface area contributed by atoms with Gasteiger partial charge in [-0.25, -0.2) is 0 Å². The largest absolute Gasteiger partial charge is 0.393 e. The van der Waals surface area contributed by atoms with Gasteiger partial charge in [-0.15, -0.1) is 0 Å². The van der Waals surface area contributed by atoms with Crippen LogP contribution in [0.3, 0.4) is 0 Å². The molecule has 12 atom stereocenters. The minimum absolute atomic E-state index is 0.0102. The summed E-state index contributed by atoms with van der Waals surface area (Å²) in [6.07, 6.45) is 21.8. The average molecular weight is 754 g/mol. The maximum absolute atomic E-state index is 15.0. The smallest absolute Gasteiger partial charge is 0.162 e. The van der Waals surface area contributed by atoms with Gasteiger partial charge >= 0.3 is 0 Å². The maximum atomic E-state index is 15.0. The van der Waals surface area contributed by atoms with E-state index in [0.717, 1.165) is 87.8 Å². The topological polar surface area (TPSA) is 90.2 Å². The zero-order valence-electron chi connectivity index (χ0n) is 34.5. The van der Waals surface area contributed by atoms with Crippen molar-refractivity contribution >= 4 is 5.78 Å². The molecule has 0 amide bonds. The van der Waals surface area contributed by atoms with Crippen LogP contribution in [0.5, 0.6) is 0 Å². The first-order valence-corrected chi connectivity index (χ1v) is 22.7. The van der Waals surface area contributed by atoms with Crippen molar-refractivity contribution in [3.8, 4) is 0 Å². The van der Waals surface area contributed by atoms with Crippen molar-refractivity contribution in [2.24, 2.45) is 62.6 Å². The van der Waals surface area contributed by atoms with Gasteiger partial charge < -0.3 is 20.1 Å². The van der Waals surface area contributed by atoms with E-state index in [0.29, 0.717) is 55.1 Å². The molecule has 6 nitrogen and oxygen atoms in total. The molecule has 11 rings (SSSR count). The van der Waals surface area contributed by atoms with E-state index in [-0.39, 0.29) is 46.2 Å². The lowest BCUT2D eigenvalue weighted by atomic mass is 9.32. The number of ketones is 1. The summed E-state index contributed by atoms with van der Waals surface area (Å²) in [7, 11) is 0. The molecule has 6 heteroatoms. The number of hydrogen-bond donors (Lipinski definition) is 3. The lowest BCUT2D eigenvalue weighted by molar-refractivity contribution is -0.182. The zero-order valence-corrected chi connectivity index (χ0v) is 34.5. The second-order valence-corrected chi connectivity index (χ2v) is 21.6. The number of Topliss-reactive ketones (excluding diaryl/α,β-unsaturated/α-hetero) is 1. The van der Waals surface area contributed by atoms with Crippen molar-refractivity contribution in [2.75, 3.05) is 26.2 Å². The van der Waals surface area contributed by atoms with Gasteiger partial charge in [-0.1, -0.05) is 95.5 Å². The van der Waals surface area contributed by atoms with Crippen LogP contribution in [0.15, 0.2) is 54.1 Å². The molecule has 0 heterocycles. The first kappa shape index (κ1) is 38.7. The van der Waals surface area contributed by atoms with Gasteiger partial charge in [0.15, 0.2) is 5.78 Å². The van der Waals surface area contributed by atoms with Crippen LogP contribution >= 0.6 is 0 Å². The van der Waals surface area contributed by atoms with Crippen molar-refractivity contribution in [1.29, 1.82) is 0 Å². The SMILES string of the molecule is CC1(C)[C@H]2CC[C@@H](CN(C[C@@H](O)COCc3ccccc3)C[C@]3(O)CC[C@H]4[C@]56C=C[C@@]7(C=C5C(=O)C5CCCCC5)CC(O)CC[C@]7(C)[C@H]6CC[C@@]43C)[C@@H]1C2. The minimum Gasteiger partial charge on any atom is -0.393 e. The Morgan fingerprint density at radius 1 is 0.891 bits per heavy atom. The molecule has 10 aliphatic rings. The molecule has 7 fully saturated rings. The number of nitrogens with zero attached hydrogens (tertiary/aromatic N) is 1. The number of fused-ring (bicyclic) bond motifs is 3. The lowest BCUT2D eigenvalue weighted by Gasteiger charge is -2.71. The number of benzene rings is 1. The highest BCUT2D eigenvalue weighted by atomic mass is 16.5. The fourth-order valence-electron chi connectivity index (χ4n) is 15.5. The molecule has 3 N–H and O–H groups in total. The molecule has 1 aromatic carbocycles. The fourth-order valence-corrected chi connectivity index (χ4v) is 15.5. The predicted octanol–water partition coefficient (Wildman–Crippen LogP) is 8.68. The Kier molecular flexibility index (Phi) is 9.77. The van der Waals surface area contributed by atoms with E-state index >= 15 is 4.79 Å². The average Bonchev–Trinajstić information content (AvgIpc) is 3.44. The van der Waals surface area contributed by atoms with E-state index in [2.05, 4.69) is 63.0 Å². The summed E-state index contributed by atoms with van der Waals surface area (Å²) in [5.41, 5.74) is 0.564. The Hall–Kier alpha value is -1.83. The van der Waals surface area contributed by atoms with Gasteiger partial charge in [0, 0.05) is 47.4 Å². The number of ether oxygens (including phenoxy) is 1. The van der Waals surface area contributed by atoms with Crippen LogP contribution in [0, 0.1) is 62.6 Å². The van der Waals surface area contributed by atoms with Crippen molar-refractivity contribution in [3.05, 3.63) is 59.7 Å². The summed E-state index contributed by atoms with van der Waals surface area (Å²) < 4.78 is 6.07. The molecule has 55 heavy (non-hydrogen) atoms. The molecule has 2 spiro atoms. The van der Waals surface area contributed by atoms with Crippen LogP contribution in [0.1, 0.15) is 130 Å². The lowest BCUT2D eigenvalue weighted by Crippen LogP contribution is -2.67. The molecule has 0 aliphatic heterocycles. The Balaban J connectivity index is 1.02. The number of carbonyl (C=O) groups excluding carboxylic acids is 1. The summed E-state index contributed by atoms with van der Waals surface area (Å²) in [4.78, 5) is 17.5. The van der Waals surface area contributed by atoms with E-state index in [1.807, 2.05) is 18.2 Å². The third-order valence-corrected chi connectivity index (χ3v) is 18.8. The molecule has 1 unspecified atom stereocenters. The molecule has 302 valence electrons. The Morgan fingerprint density at radius 3 is 2.36 bits per heavy atom. The van der Waals surface area contributed by atoms with Gasteiger partial charge in [0.1, 0.15) is 0 Å². The highest BCUT2D eigenvalue weighted by Gasteiger charge is 2.74. The summed E-state index contributed by atoms with van der Waals surface area (Å²) in [5, 5.41) is 36.0. The second-order valence-electron chi connectivity index (χ2n) is 21.6. The van der Waals surface area contributed by atoms with Gasteiger partial charge in [0.25, 0.3) is 0 Å². The molecular formula is C49H71NO5. The maximum Gasteiger partial charge on any atom is 0.162 e. The minimum atomic E-state index is -0.934. The number of carbonyl (C=O) groups is 1. The van der Waals surface area contributed by atoms with Crippen LogP contribution in [0.4, 0.5) is 0 Å². The van der Waals surface area contributed by atoms with Gasteiger partial charge in [0.05, 0.1) is 31.0 Å².